The summed E-state index contributed by atoms with van der Waals surface area (Å²) in [6.07, 6.45) is 8.05. The molecule has 2 fully saturated rings. The Hall–Kier alpha value is -0.870. The number of piperazine rings is 1. The van der Waals surface area contributed by atoms with E-state index in [-0.39, 0.29) is 0 Å². The maximum Gasteiger partial charge on any atom is 0.0597 e. The molecule has 1 spiro atoms. The lowest BCUT2D eigenvalue weighted by Crippen LogP contribution is -2.62. The monoisotopic (exact) mass is 290 g/mol. The molecule has 1 aliphatic carbocycles. The van der Waals surface area contributed by atoms with Gasteiger partial charge in [0.05, 0.1) is 11.4 Å². The molecule has 0 radical (unpaired) electrons. The van der Waals surface area contributed by atoms with Gasteiger partial charge in [0.1, 0.15) is 0 Å². The van der Waals surface area contributed by atoms with Crippen LogP contribution in [0.2, 0.25) is 0 Å². The van der Waals surface area contributed by atoms with Gasteiger partial charge in [0.15, 0.2) is 0 Å². The van der Waals surface area contributed by atoms with Gasteiger partial charge in [-0.15, -0.1) is 0 Å². The maximum absolute atomic E-state index is 4.51. The Morgan fingerprint density at radius 2 is 2.14 bits per heavy atom. The highest BCUT2D eigenvalue weighted by Crippen LogP contribution is 2.34. The minimum Gasteiger partial charge on any atom is -0.308 e. The molecule has 4 nitrogen and oxygen atoms in total. The third-order valence-corrected chi connectivity index (χ3v) is 5.38. The Morgan fingerprint density at radius 1 is 1.38 bits per heavy atom. The van der Waals surface area contributed by atoms with Crippen LogP contribution in [0.25, 0.3) is 0 Å². The first kappa shape index (κ1) is 15.0. The number of rotatable bonds is 4. The standard InChI is InChI=1S/C17H30N4/c1-4-7-15-11-18-17(8-5-6-9-17)13-21(15)12-16-10-14(2)19-20(16)3/h10,15,18H,4-9,11-13H2,1-3H3. The fourth-order valence-corrected chi connectivity index (χ4v) is 4.25. The normalized spacial score (nSPS) is 25.8. The van der Waals surface area contributed by atoms with Crippen molar-refractivity contribution in [3.8, 4) is 0 Å². The Morgan fingerprint density at radius 3 is 2.76 bits per heavy atom. The van der Waals surface area contributed by atoms with Crippen molar-refractivity contribution in [1.82, 2.24) is 20.0 Å². The second-order valence-electron chi connectivity index (χ2n) is 7.12. The van der Waals surface area contributed by atoms with Crippen LogP contribution >= 0.6 is 0 Å². The lowest BCUT2D eigenvalue weighted by Gasteiger charge is -2.46. The summed E-state index contributed by atoms with van der Waals surface area (Å²) in [5, 5.41) is 8.41. The molecule has 0 aromatic carbocycles. The predicted octanol–water partition coefficient (Wildman–Crippen LogP) is 2.62. The van der Waals surface area contributed by atoms with Crippen molar-refractivity contribution in [3.63, 3.8) is 0 Å². The van der Waals surface area contributed by atoms with Crippen molar-refractivity contribution in [2.45, 2.75) is 70.5 Å². The number of hydrogen-bond acceptors (Lipinski definition) is 3. The van der Waals surface area contributed by atoms with Gasteiger partial charge in [-0.3, -0.25) is 9.58 Å². The van der Waals surface area contributed by atoms with Crippen LogP contribution in [0.3, 0.4) is 0 Å². The van der Waals surface area contributed by atoms with E-state index in [4.69, 9.17) is 0 Å². The van der Waals surface area contributed by atoms with E-state index >= 15 is 0 Å². The van der Waals surface area contributed by atoms with Crippen LogP contribution < -0.4 is 5.32 Å². The van der Waals surface area contributed by atoms with Gasteiger partial charge < -0.3 is 5.32 Å². The van der Waals surface area contributed by atoms with Crippen LogP contribution in [-0.2, 0) is 13.6 Å². The first-order valence-corrected chi connectivity index (χ1v) is 8.60. The summed E-state index contributed by atoms with van der Waals surface area (Å²) in [4.78, 5) is 2.72. The van der Waals surface area contributed by atoms with Crippen LogP contribution in [0.4, 0.5) is 0 Å². The van der Waals surface area contributed by atoms with Crippen molar-refractivity contribution < 1.29 is 0 Å². The Bertz CT molecular complexity index is 473. The molecule has 4 heteroatoms. The largest absolute Gasteiger partial charge is 0.308 e. The van der Waals surface area contributed by atoms with Gasteiger partial charge in [0, 0.05) is 38.3 Å². The number of hydrogen-bond donors (Lipinski definition) is 1. The molecule has 1 saturated carbocycles. The predicted molar refractivity (Wildman–Crippen MR) is 86.3 cm³/mol. The van der Waals surface area contributed by atoms with Gasteiger partial charge in [0.2, 0.25) is 0 Å². The SMILES string of the molecule is CCCC1CNC2(CCCC2)CN1Cc1cc(C)nn1C. The van der Waals surface area contributed by atoms with Crippen LogP contribution in [0, 0.1) is 6.92 Å². The zero-order valence-electron chi connectivity index (χ0n) is 13.9. The van der Waals surface area contributed by atoms with Crippen molar-refractivity contribution >= 4 is 0 Å². The van der Waals surface area contributed by atoms with Gasteiger partial charge in [-0.25, -0.2) is 0 Å². The van der Waals surface area contributed by atoms with Crippen molar-refractivity contribution in [2.75, 3.05) is 13.1 Å². The maximum atomic E-state index is 4.51. The average Bonchev–Trinajstić information content (AvgIpc) is 3.01. The second kappa shape index (κ2) is 6.09. The summed E-state index contributed by atoms with van der Waals surface area (Å²) in [5.41, 5.74) is 2.88. The highest BCUT2D eigenvalue weighted by Gasteiger charge is 2.40. The van der Waals surface area contributed by atoms with E-state index in [0.29, 0.717) is 11.6 Å². The molecule has 3 rings (SSSR count). The van der Waals surface area contributed by atoms with E-state index in [2.05, 4.69) is 47.0 Å². The lowest BCUT2D eigenvalue weighted by atomic mass is 9.91. The first-order chi connectivity index (χ1) is 10.1. The molecule has 1 atom stereocenters. The number of aryl methyl sites for hydroxylation is 2. The minimum atomic E-state index is 0.401. The van der Waals surface area contributed by atoms with Crippen LogP contribution in [0.15, 0.2) is 6.07 Å². The second-order valence-corrected chi connectivity index (χ2v) is 7.12. The molecule has 118 valence electrons. The highest BCUT2D eigenvalue weighted by atomic mass is 15.3. The van der Waals surface area contributed by atoms with Crippen LogP contribution in [0.5, 0.6) is 0 Å². The summed E-state index contributed by atoms with van der Waals surface area (Å²) < 4.78 is 2.06. The smallest absolute Gasteiger partial charge is 0.0597 e. The summed E-state index contributed by atoms with van der Waals surface area (Å²) in [6, 6.07) is 2.92. The fraction of sp³-hybridized carbons (Fsp3) is 0.824. The highest BCUT2D eigenvalue weighted by molar-refractivity contribution is 5.10. The molecule has 2 heterocycles. The van der Waals surface area contributed by atoms with Crippen molar-refractivity contribution in [1.29, 1.82) is 0 Å². The van der Waals surface area contributed by atoms with E-state index in [1.165, 1.54) is 50.8 Å². The molecule has 0 amide bonds. The molecule has 1 aromatic rings. The van der Waals surface area contributed by atoms with Crippen LogP contribution in [0.1, 0.15) is 56.8 Å². The van der Waals surface area contributed by atoms with E-state index in [1.807, 2.05) is 0 Å². The molecule has 1 aliphatic heterocycles. The summed E-state index contributed by atoms with van der Waals surface area (Å²) in [5.74, 6) is 0. The summed E-state index contributed by atoms with van der Waals surface area (Å²) in [6.45, 7) is 7.80. The molecule has 0 bridgehead atoms. The van der Waals surface area contributed by atoms with Gasteiger partial charge in [-0.2, -0.15) is 5.10 Å². The van der Waals surface area contributed by atoms with E-state index in [9.17, 15) is 0 Å². The van der Waals surface area contributed by atoms with Crippen LogP contribution in [-0.4, -0.2) is 39.4 Å². The zero-order valence-corrected chi connectivity index (χ0v) is 13.9. The van der Waals surface area contributed by atoms with Gasteiger partial charge in [0.25, 0.3) is 0 Å². The fourth-order valence-electron chi connectivity index (χ4n) is 4.25. The van der Waals surface area contributed by atoms with E-state index < -0.39 is 0 Å². The Labute approximate surface area is 128 Å². The molecule has 1 aromatic heterocycles. The Balaban J connectivity index is 1.75. The quantitative estimate of drug-likeness (QED) is 0.925. The van der Waals surface area contributed by atoms with Gasteiger partial charge in [-0.05, 0) is 32.3 Å². The molecule has 21 heavy (non-hydrogen) atoms. The first-order valence-electron chi connectivity index (χ1n) is 8.60. The number of aromatic nitrogens is 2. The molecule has 1 saturated heterocycles. The topological polar surface area (TPSA) is 33.1 Å². The van der Waals surface area contributed by atoms with Crippen molar-refractivity contribution in [2.24, 2.45) is 7.05 Å². The van der Waals surface area contributed by atoms with Gasteiger partial charge in [-0.1, -0.05) is 26.2 Å². The molecular formula is C17H30N4. The molecule has 1 unspecified atom stereocenters. The molecule has 2 aliphatic rings. The Kier molecular flexibility index (Phi) is 4.36. The molecular weight excluding hydrogens is 260 g/mol. The van der Waals surface area contributed by atoms with E-state index in [0.717, 1.165) is 18.8 Å². The number of nitrogens with one attached hydrogen (secondary N) is 1. The lowest BCUT2D eigenvalue weighted by molar-refractivity contribution is 0.0669. The minimum absolute atomic E-state index is 0.401. The third kappa shape index (κ3) is 3.16. The number of nitrogens with zero attached hydrogens (tertiary/aromatic N) is 3. The third-order valence-electron chi connectivity index (χ3n) is 5.38. The van der Waals surface area contributed by atoms with Crippen molar-refractivity contribution in [3.05, 3.63) is 17.5 Å². The summed E-state index contributed by atoms with van der Waals surface area (Å²) >= 11 is 0. The van der Waals surface area contributed by atoms with E-state index in [1.54, 1.807) is 0 Å². The summed E-state index contributed by atoms with van der Waals surface area (Å²) in [7, 11) is 2.07. The van der Waals surface area contributed by atoms with Gasteiger partial charge >= 0.3 is 0 Å². The average molecular weight is 290 g/mol. The zero-order chi connectivity index (χ0) is 14.9. The molecule has 1 N–H and O–H groups in total.